The first-order chi connectivity index (χ1) is 17.5. The van der Waals surface area contributed by atoms with Crippen LogP contribution in [0.2, 0.25) is 5.02 Å². The molecule has 4 aromatic rings. The summed E-state index contributed by atoms with van der Waals surface area (Å²) >= 11 is 7.30. The molecule has 3 N–H and O–H groups in total. The normalized spacial score (nSPS) is 12.6. The Kier molecular flexibility index (Phi) is 7.43. The fourth-order valence-electron chi connectivity index (χ4n) is 3.49. The Bertz CT molecular complexity index is 1500. The molecular weight excluding hydrogens is 535 g/mol. The van der Waals surface area contributed by atoms with Crippen LogP contribution in [0.5, 0.6) is 0 Å². The number of nitrogens with two attached hydrogens (primary N) is 1. The van der Waals surface area contributed by atoms with E-state index in [1.54, 1.807) is 18.2 Å². The molecule has 0 fully saturated rings. The number of primary amides is 1. The average Bonchev–Trinajstić information content (AvgIpc) is 3.41. The molecule has 0 saturated carbocycles. The van der Waals surface area contributed by atoms with Gasteiger partial charge in [-0.05, 0) is 42.7 Å². The summed E-state index contributed by atoms with van der Waals surface area (Å²) in [5.74, 6) is -1.24. The summed E-state index contributed by atoms with van der Waals surface area (Å²) < 4.78 is 42.0. The van der Waals surface area contributed by atoms with Crippen molar-refractivity contribution < 1.29 is 23.1 Å². The van der Waals surface area contributed by atoms with Gasteiger partial charge >= 0.3 is 11.9 Å². The van der Waals surface area contributed by atoms with Gasteiger partial charge in [0.1, 0.15) is 6.54 Å². The van der Waals surface area contributed by atoms with E-state index in [-0.39, 0.29) is 24.0 Å². The minimum Gasteiger partial charge on any atom is -0.382 e. The van der Waals surface area contributed by atoms with Crippen molar-refractivity contribution in [2.75, 3.05) is 6.26 Å². The highest BCUT2D eigenvalue weighted by Gasteiger charge is 2.39. The molecule has 2 aromatic heterocycles. The minimum absolute atomic E-state index is 0.0320. The SMILES string of the molecule is CSc1ccccc1-n1nc(Cn2nc(-c3ccc(Cl)cc3)n(CC(O)C(F)(F)F)c2=O)nc1C(N)=O. The van der Waals surface area contributed by atoms with E-state index in [9.17, 15) is 27.9 Å². The van der Waals surface area contributed by atoms with Crippen LogP contribution in [0.3, 0.4) is 0 Å². The van der Waals surface area contributed by atoms with Gasteiger partial charge in [0.15, 0.2) is 17.8 Å². The number of alkyl halides is 3. The molecule has 0 spiro atoms. The van der Waals surface area contributed by atoms with Gasteiger partial charge in [0.2, 0.25) is 5.82 Å². The van der Waals surface area contributed by atoms with E-state index in [4.69, 9.17) is 17.3 Å². The predicted molar refractivity (Wildman–Crippen MR) is 130 cm³/mol. The number of para-hydroxylation sites is 1. The standard InChI is InChI=1S/C22H19ClF3N7O3S/c1-37-15-5-3-2-4-14(15)33-20(18(27)35)28-17(29-33)11-32-21(36)31(10-16(34)22(24,25)26)19(30-32)12-6-8-13(23)9-7-12/h2-9,16,34H,10-11H2,1H3,(H2,27,35). The summed E-state index contributed by atoms with van der Waals surface area (Å²) in [6.07, 6.45) is -5.93. The number of amides is 1. The summed E-state index contributed by atoms with van der Waals surface area (Å²) in [5.41, 5.74) is 5.36. The van der Waals surface area contributed by atoms with Gasteiger partial charge < -0.3 is 10.8 Å². The number of hydrogen-bond acceptors (Lipinski definition) is 7. The van der Waals surface area contributed by atoms with Gasteiger partial charge in [0.25, 0.3) is 5.91 Å². The van der Waals surface area contributed by atoms with Gasteiger partial charge in [-0.2, -0.15) is 13.2 Å². The maximum absolute atomic E-state index is 13.1. The summed E-state index contributed by atoms with van der Waals surface area (Å²) in [7, 11) is 0. The fraction of sp³-hybridized carbons (Fsp3) is 0.227. The molecule has 0 saturated heterocycles. The summed E-state index contributed by atoms with van der Waals surface area (Å²) in [5, 5.41) is 18.5. The maximum atomic E-state index is 13.1. The van der Waals surface area contributed by atoms with Crippen LogP contribution in [0, 0.1) is 0 Å². The zero-order chi connectivity index (χ0) is 26.9. The number of halogens is 4. The van der Waals surface area contributed by atoms with Crippen molar-refractivity contribution in [3.63, 3.8) is 0 Å². The molecule has 15 heteroatoms. The Hall–Kier alpha value is -3.62. The van der Waals surface area contributed by atoms with Crippen molar-refractivity contribution in [1.82, 2.24) is 29.1 Å². The largest absolute Gasteiger partial charge is 0.416 e. The topological polar surface area (TPSA) is 134 Å². The molecule has 1 atom stereocenters. The molecule has 1 unspecified atom stereocenters. The number of nitrogens with zero attached hydrogens (tertiary/aromatic N) is 6. The van der Waals surface area contributed by atoms with Crippen LogP contribution in [-0.4, -0.2) is 58.7 Å². The van der Waals surface area contributed by atoms with Crippen LogP contribution in [0.1, 0.15) is 16.4 Å². The molecule has 2 aromatic carbocycles. The molecule has 0 aliphatic carbocycles. The number of carbonyl (C=O) groups is 1. The molecule has 37 heavy (non-hydrogen) atoms. The van der Waals surface area contributed by atoms with Gasteiger partial charge in [-0.1, -0.05) is 23.7 Å². The monoisotopic (exact) mass is 553 g/mol. The molecule has 10 nitrogen and oxygen atoms in total. The zero-order valence-electron chi connectivity index (χ0n) is 19.1. The van der Waals surface area contributed by atoms with Crippen molar-refractivity contribution in [2.24, 2.45) is 5.73 Å². The number of aliphatic hydroxyl groups excluding tert-OH is 1. The van der Waals surface area contributed by atoms with Gasteiger partial charge in [0, 0.05) is 15.5 Å². The van der Waals surface area contributed by atoms with Crippen molar-refractivity contribution >= 4 is 29.3 Å². The second-order valence-corrected chi connectivity index (χ2v) is 9.02. The van der Waals surface area contributed by atoms with Gasteiger partial charge in [0.05, 0.1) is 12.2 Å². The number of rotatable bonds is 8. The molecule has 0 bridgehead atoms. The number of carbonyl (C=O) groups excluding carboxylic acids is 1. The Morgan fingerprint density at radius 2 is 1.84 bits per heavy atom. The molecule has 0 radical (unpaired) electrons. The number of aliphatic hydroxyl groups is 1. The van der Waals surface area contributed by atoms with Crippen molar-refractivity contribution in [1.29, 1.82) is 0 Å². The summed E-state index contributed by atoms with van der Waals surface area (Å²) in [6, 6.07) is 13.0. The van der Waals surface area contributed by atoms with E-state index in [0.717, 1.165) is 9.58 Å². The number of aromatic nitrogens is 6. The Morgan fingerprint density at radius 1 is 1.16 bits per heavy atom. The Morgan fingerprint density at radius 3 is 2.46 bits per heavy atom. The van der Waals surface area contributed by atoms with E-state index in [1.165, 1.54) is 40.7 Å². The Balaban J connectivity index is 1.79. The zero-order valence-corrected chi connectivity index (χ0v) is 20.6. The Labute approximate surface area is 216 Å². The quantitative estimate of drug-likeness (QED) is 0.320. The first-order valence-electron chi connectivity index (χ1n) is 10.6. The first-order valence-corrected chi connectivity index (χ1v) is 12.2. The van der Waals surface area contributed by atoms with Crippen LogP contribution in [-0.2, 0) is 13.1 Å². The molecule has 1 amide bonds. The van der Waals surface area contributed by atoms with Gasteiger partial charge in [-0.15, -0.1) is 22.0 Å². The van der Waals surface area contributed by atoms with Crippen LogP contribution in [0.15, 0.2) is 58.2 Å². The first kappa shape index (κ1) is 26.4. The molecule has 194 valence electrons. The highest BCUT2D eigenvalue weighted by molar-refractivity contribution is 7.98. The lowest BCUT2D eigenvalue weighted by Gasteiger charge is -2.15. The van der Waals surface area contributed by atoms with E-state index in [1.807, 2.05) is 12.3 Å². The number of hydrogen-bond donors (Lipinski definition) is 2. The maximum Gasteiger partial charge on any atom is 0.416 e. The molecule has 0 aliphatic rings. The smallest absolute Gasteiger partial charge is 0.382 e. The van der Waals surface area contributed by atoms with Crippen LogP contribution >= 0.6 is 23.4 Å². The third-order valence-electron chi connectivity index (χ3n) is 5.23. The lowest BCUT2D eigenvalue weighted by molar-refractivity contribution is -0.207. The second-order valence-electron chi connectivity index (χ2n) is 7.74. The van der Waals surface area contributed by atoms with E-state index in [2.05, 4.69) is 15.2 Å². The predicted octanol–water partition coefficient (Wildman–Crippen LogP) is 2.74. The van der Waals surface area contributed by atoms with E-state index < -0.39 is 30.4 Å². The molecule has 4 rings (SSSR count). The number of benzene rings is 2. The van der Waals surface area contributed by atoms with Gasteiger partial charge in [-0.25, -0.2) is 19.1 Å². The highest BCUT2D eigenvalue weighted by atomic mass is 35.5. The fourth-order valence-corrected chi connectivity index (χ4v) is 4.19. The van der Waals surface area contributed by atoms with Crippen LogP contribution in [0.25, 0.3) is 17.1 Å². The third-order valence-corrected chi connectivity index (χ3v) is 6.27. The molecule has 2 heterocycles. The van der Waals surface area contributed by atoms with E-state index in [0.29, 0.717) is 20.8 Å². The molecular formula is C22H19ClF3N7O3S. The lowest BCUT2D eigenvalue weighted by atomic mass is 10.2. The minimum atomic E-state index is -4.96. The number of thioether (sulfide) groups is 1. The van der Waals surface area contributed by atoms with Crippen molar-refractivity contribution in [2.45, 2.75) is 30.3 Å². The van der Waals surface area contributed by atoms with Gasteiger partial charge in [-0.3, -0.25) is 9.36 Å². The van der Waals surface area contributed by atoms with Crippen LogP contribution < -0.4 is 11.4 Å². The lowest BCUT2D eigenvalue weighted by Crippen LogP contribution is -2.37. The van der Waals surface area contributed by atoms with Crippen LogP contribution in [0.4, 0.5) is 13.2 Å². The summed E-state index contributed by atoms with van der Waals surface area (Å²) in [6.45, 7) is -1.47. The van der Waals surface area contributed by atoms with E-state index >= 15 is 0 Å². The van der Waals surface area contributed by atoms with Crippen molar-refractivity contribution in [3.05, 3.63) is 75.7 Å². The highest BCUT2D eigenvalue weighted by Crippen LogP contribution is 2.25. The second kappa shape index (κ2) is 10.4. The average molecular weight is 554 g/mol. The molecule has 0 aliphatic heterocycles. The summed E-state index contributed by atoms with van der Waals surface area (Å²) in [4.78, 5) is 30.1. The third kappa shape index (κ3) is 5.55. The van der Waals surface area contributed by atoms with Crippen molar-refractivity contribution in [3.8, 4) is 17.1 Å².